The van der Waals surface area contributed by atoms with Crippen LogP contribution in [-0.2, 0) is 4.74 Å². The van der Waals surface area contributed by atoms with Crippen molar-refractivity contribution in [1.82, 2.24) is 4.98 Å². The van der Waals surface area contributed by atoms with Crippen LogP contribution in [0.4, 0.5) is 0 Å². The van der Waals surface area contributed by atoms with Crippen LogP contribution in [-0.4, -0.2) is 18.1 Å². The summed E-state index contributed by atoms with van der Waals surface area (Å²) < 4.78 is 9.44. The van der Waals surface area contributed by atoms with Gasteiger partial charge in [0, 0.05) is 5.38 Å². The summed E-state index contributed by atoms with van der Waals surface area (Å²) in [6, 6.07) is 1.73. The van der Waals surface area contributed by atoms with E-state index < -0.39 is 0 Å². The Morgan fingerprint density at radius 1 is 1.64 bits per heavy atom. The molecule has 0 fully saturated rings. The van der Waals surface area contributed by atoms with E-state index in [9.17, 15) is 4.79 Å². The molecule has 0 aliphatic heterocycles. The topological polar surface area (TPSA) is 52.3 Å². The number of hydrogen-bond acceptors (Lipinski definition) is 5. The van der Waals surface area contributed by atoms with Gasteiger partial charge in [0.05, 0.1) is 17.6 Å². The lowest BCUT2D eigenvalue weighted by atomic mass is 10.3. The molecule has 2 aromatic rings. The highest BCUT2D eigenvalue weighted by Gasteiger charge is 2.10. The molecule has 0 spiro atoms. The van der Waals surface area contributed by atoms with E-state index in [0.717, 1.165) is 10.6 Å². The number of esters is 1. The zero-order valence-electron chi connectivity index (χ0n) is 7.39. The Balaban J connectivity index is 2.31. The number of methoxy groups -OCH3 is 1. The molecular formula is C9H7NO3S. The first-order valence-corrected chi connectivity index (χ1v) is 4.74. The summed E-state index contributed by atoms with van der Waals surface area (Å²) in [6.07, 6.45) is 2.89. The summed E-state index contributed by atoms with van der Waals surface area (Å²) in [5.74, 6) is -0.337. The number of nitrogens with zero attached hydrogens (tertiary/aromatic N) is 1. The number of carbonyl (C=O) groups excluding carboxylic acids is 1. The van der Waals surface area contributed by atoms with Crippen LogP contribution in [0.1, 0.15) is 10.4 Å². The van der Waals surface area contributed by atoms with Gasteiger partial charge in [-0.1, -0.05) is 0 Å². The molecule has 2 heterocycles. The smallest absolute Gasteiger partial charge is 0.338 e. The number of thiophene rings is 1. The lowest BCUT2D eigenvalue weighted by molar-refractivity contribution is 0.0601. The van der Waals surface area contributed by atoms with E-state index in [0.29, 0.717) is 5.56 Å². The van der Waals surface area contributed by atoms with E-state index in [1.54, 1.807) is 11.4 Å². The van der Waals surface area contributed by atoms with Gasteiger partial charge < -0.3 is 9.15 Å². The highest BCUT2D eigenvalue weighted by atomic mass is 32.1. The molecule has 0 aromatic carbocycles. The van der Waals surface area contributed by atoms with Gasteiger partial charge in [-0.3, -0.25) is 0 Å². The van der Waals surface area contributed by atoms with Crippen molar-refractivity contribution in [2.45, 2.75) is 0 Å². The van der Waals surface area contributed by atoms with Crippen molar-refractivity contribution in [3.63, 3.8) is 0 Å². The maximum Gasteiger partial charge on any atom is 0.338 e. The minimum atomic E-state index is -0.337. The van der Waals surface area contributed by atoms with E-state index in [1.807, 2.05) is 0 Å². The second-order valence-electron chi connectivity index (χ2n) is 2.56. The molecule has 72 valence electrons. The van der Waals surface area contributed by atoms with Gasteiger partial charge in [0.1, 0.15) is 12.0 Å². The quantitative estimate of drug-likeness (QED) is 0.711. The molecule has 0 aliphatic rings. The van der Waals surface area contributed by atoms with Crippen LogP contribution in [0.15, 0.2) is 28.5 Å². The first kappa shape index (κ1) is 8.96. The lowest BCUT2D eigenvalue weighted by Crippen LogP contribution is -1.97. The third-order valence-electron chi connectivity index (χ3n) is 1.71. The summed E-state index contributed by atoms with van der Waals surface area (Å²) in [7, 11) is 1.36. The first-order valence-electron chi connectivity index (χ1n) is 3.86. The van der Waals surface area contributed by atoms with Crippen molar-refractivity contribution in [3.05, 3.63) is 29.7 Å². The summed E-state index contributed by atoms with van der Waals surface area (Å²) >= 11 is 1.43. The number of oxazole rings is 1. The Kier molecular flexibility index (Phi) is 2.32. The Labute approximate surface area is 84.1 Å². The summed E-state index contributed by atoms with van der Waals surface area (Å²) in [4.78, 5) is 16.0. The monoisotopic (exact) mass is 209 g/mol. The number of aromatic nitrogens is 1. The van der Waals surface area contributed by atoms with Crippen LogP contribution in [0.5, 0.6) is 0 Å². The zero-order chi connectivity index (χ0) is 9.97. The molecule has 0 unspecified atom stereocenters. The van der Waals surface area contributed by atoms with Crippen molar-refractivity contribution in [2.24, 2.45) is 0 Å². The Bertz CT molecular complexity index is 433. The van der Waals surface area contributed by atoms with Crippen molar-refractivity contribution >= 4 is 17.3 Å². The van der Waals surface area contributed by atoms with Crippen LogP contribution in [0.25, 0.3) is 10.6 Å². The highest BCUT2D eigenvalue weighted by molar-refractivity contribution is 7.13. The average molecular weight is 209 g/mol. The minimum Gasteiger partial charge on any atom is -0.465 e. The molecule has 0 amide bonds. The Morgan fingerprint density at radius 2 is 2.50 bits per heavy atom. The fraction of sp³-hybridized carbons (Fsp3) is 0.111. The van der Waals surface area contributed by atoms with Gasteiger partial charge in [0.15, 0.2) is 6.39 Å². The normalized spacial score (nSPS) is 10.1. The predicted molar refractivity (Wildman–Crippen MR) is 51.2 cm³/mol. The van der Waals surface area contributed by atoms with E-state index >= 15 is 0 Å². The predicted octanol–water partition coefficient (Wildman–Crippen LogP) is 2.19. The molecule has 14 heavy (non-hydrogen) atoms. The van der Waals surface area contributed by atoms with E-state index in [4.69, 9.17) is 4.42 Å². The number of rotatable bonds is 2. The van der Waals surface area contributed by atoms with Crippen molar-refractivity contribution in [2.75, 3.05) is 7.11 Å². The third-order valence-corrected chi connectivity index (χ3v) is 2.66. The zero-order valence-corrected chi connectivity index (χ0v) is 8.21. The molecule has 2 rings (SSSR count). The van der Waals surface area contributed by atoms with Gasteiger partial charge in [-0.05, 0) is 6.07 Å². The van der Waals surface area contributed by atoms with Gasteiger partial charge in [-0.15, -0.1) is 11.3 Å². The molecule has 0 saturated heterocycles. The highest BCUT2D eigenvalue weighted by Crippen LogP contribution is 2.25. The largest absolute Gasteiger partial charge is 0.465 e. The van der Waals surface area contributed by atoms with E-state index in [1.165, 1.54) is 31.1 Å². The van der Waals surface area contributed by atoms with Gasteiger partial charge >= 0.3 is 5.97 Å². The second kappa shape index (κ2) is 3.63. The molecular weight excluding hydrogens is 202 g/mol. The lowest BCUT2D eigenvalue weighted by Gasteiger charge is -1.91. The molecule has 4 nitrogen and oxygen atoms in total. The summed E-state index contributed by atoms with van der Waals surface area (Å²) in [5.41, 5.74) is 1.26. The fourth-order valence-electron chi connectivity index (χ4n) is 1.03. The second-order valence-corrected chi connectivity index (χ2v) is 3.48. The maximum absolute atomic E-state index is 11.1. The molecule has 0 aliphatic carbocycles. The van der Waals surface area contributed by atoms with Crippen LogP contribution in [0, 0.1) is 0 Å². The molecule has 2 aromatic heterocycles. The van der Waals surface area contributed by atoms with Crippen molar-refractivity contribution in [3.8, 4) is 10.6 Å². The number of carbonyl (C=O) groups is 1. The van der Waals surface area contributed by atoms with Gasteiger partial charge in [0.2, 0.25) is 0 Å². The first-order chi connectivity index (χ1) is 6.81. The molecule has 0 bridgehead atoms. The number of ether oxygens (including phenoxy) is 1. The standard InChI is InChI=1S/C9H7NO3S/c1-12-9(11)6-2-8(14-4-6)7-3-13-5-10-7/h2-5H,1H3. The molecule has 0 radical (unpaired) electrons. The Morgan fingerprint density at radius 3 is 3.14 bits per heavy atom. The summed E-state index contributed by atoms with van der Waals surface area (Å²) in [5, 5.41) is 1.73. The van der Waals surface area contributed by atoms with Crippen molar-refractivity contribution in [1.29, 1.82) is 0 Å². The molecule has 0 atom stereocenters. The Hall–Kier alpha value is -1.62. The minimum absolute atomic E-state index is 0.337. The SMILES string of the molecule is COC(=O)c1csc(-c2cocn2)c1. The van der Waals surface area contributed by atoms with Gasteiger partial charge in [-0.2, -0.15) is 0 Å². The van der Waals surface area contributed by atoms with Crippen molar-refractivity contribution < 1.29 is 13.9 Å². The van der Waals surface area contributed by atoms with Crippen LogP contribution >= 0.6 is 11.3 Å². The molecule has 0 saturated carbocycles. The van der Waals surface area contributed by atoms with Crippen LogP contribution in [0.2, 0.25) is 0 Å². The van der Waals surface area contributed by atoms with E-state index in [2.05, 4.69) is 9.72 Å². The van der Waals surface area contributed by atoms with Crippen LogP contribution < -0.4 is 0 Å². The maximum atomic E-state index is 11.1. The number of hydrogen-bond donors (Lipinski definition) is 0. The molecule has 0 N–H and O–H groups in total. The van der Waals surface area contributed by atoms with E-state index in [-0.39, 0.29) is 5.97 Å². The average Bonchev–Trinajstić information content (AvgIpc) is 2.86. The van der Waals surface area contributed by atoms with Gasteiger partial charge in [0.25, 0.3) is 0 Å². The fourth-order valence-corrected chi connectivity index (χ4v) is 1.86. The van der Waals surface area contributed by atoms with Crippen LogP contribution in [0.3, 0.4) is 0 Å². The third kappa shape index (κ3) is 1.54. The summed E-state index contributed by atoms with van der Waals surface area (Å²) in [6.45, 7) is 0. The van der Waals surface area contributed by atoms with Gasteiger partial charge in [-0.25, -0.2) is 9.78 Å². The molecule has 5 heteroatoms.